The van der Waals surface area contributed by atoms with E-state index >= 15 is 0 Å². The number of aromatic nitrogens is 2. The third-order valence-electron chi connectivity index (χ3n) is 6.06. The molecular formula is C26H31N3O3. The molecule has 2 heterocycles. The number of rotatable bonds is 8. The van der Waals surface area contributed by atoms with E-state index < -0.39 is 5.60 Å². The fraction of sp³-hybridized carbons (Fsp3) is 0.385. The fourth-order valence-electron chi connectivity index (χ4n) is 4.50. The predicted octanol–water partition coefficient (Wildman–Crippen LogP) is 4.08. The molecule has 6 nitrogen and oxygen atoms in total. The first kappa shape index (κ1) is 22.1. The molecule has 4 rings (SSSR count). The van der Waals surface area contributed by atoms with Crippen LogP contribution in [-0.2, 0) is 22.5 Å². The van der Waals surface area contributed by atoms with Crippen molar-refractivity contribution in [1.29, 1.82) is 0 Å². The summed E-state index contributed by atoms with van der Waals surface area (Å²) in [5.41, 5.74) is 4.43. The van der Waals surface area contributed by atoms with Crippen LogP contribution in [0.1, 0.15) is 29.8 Å². The Morgan fingerprint density at radius 2 is 2.03 bits per heavy atom. The van der Waals surface area contributed by atoms with Crippen LogP contribution in [0.25, 0.3) is 11.1 Å². The summed E-state index contributed by atoms with van der Waals surface area (Å²) in [4.78, 5) is 13.2. The Balaban J connectivity index is 1.48. The number of methoxy groups -OCH3 is 1. The van der Waals surface area contributed by atoms with E-state index in [0.717, 1.165) is 46.7 Å². The maximum absolute atomic E-state index is 13.2. The molecule has 1 N–H and O–H groups in total. The average Bonchev–Trinajstić information content (AvgIpc) is 3.40. The molecule has 3 aromatic rings. The highest BCUT2D eigenvalue weighted by molar-refractivity contribution is 5.86. The first-order valence-corrected chi connectivity index (χ1v) is 11.2. The molecule has 6 heteroatoms. The van der Waals surface area contributed by atoms with Gasteiger partial charge in [0.1, 0.15) is 5.75 Å². The molecule has 0 radical (unpaired) electrons. The first-order chi connectivity index (χ1) is 15.5. The minimum Gasteiger partial charge on any atom is -0.496 e. The molecule has 1 saturated heterocycles. The van der Waals surface area contributed by atoms with Crippen molar-refractivity contribution in [1.82, 2.24) is 15.1 Å². The number of carbonyl (C=O) groups excluding carboxylic acids is 1. The molecule has 0 aliphatic carbocycles. The van der Waals surface area contributed by atoms with E-state index in [0.29, 0.717) is 26.1 Å². The summed E-state index contributed by atoms with van der Waals surface area (Å²) < 4.78 is 13.5. The van der Waals surface area contributed by atoms with Gasteiger partial charge in [0, 0.05) is 30.8 Å². The quantitative estimate of drug-likeness (QED) is 0.581. The van der Waals surface area contributed by atoms with Gasteiger partial charge in [-0.05, 0) is 49.9 Å². The summed E-state index contributed by atoms with van der Waals surface area (Å²) in [6, 6.07) is 18.3. The summed E-state index contributed by atoms with van der Waals surface area (Å²) in [5, 5.41) is 7.56. The third-order valence-corrected chi connectivity index (χ3v) is 6.06. The van der Waals surface area contributed by atoms with Gasteiger partial charge in [0.05, 0.1) is 19.3 Å². The molecule has 0 bridgehead atoms. The molecule has 1 atom stereocenters. The highest BCUT2D eigenvalue weighted by Crippen LogP contribution is 2.33. The number of benzene rings is 2. The number of hydrogen-bond donors (Lipinski definition) is 1. The zero-order valence-corrected chi connectivity index (χ0v) is 19.1. The van der Waals surface area contributed by atoms with Crippen LogP contribution in [0.5, 0.6) is 5.75 Å². The summed E-state index contributed by atoms with van der Waals surface area (Å²) in [6.45, 7) is 5.77. The molecule has 1 fully saturated rings. The minimum atomic E-state index is -0.825. The van der Waals surface area contributed by atoms with Crippen LogP contribution in [0.3, 0.4) is 0 Å². The van der Waals surface area contributed by atoms with Crippen LogP contribution >= 0.6 is 0 Å². The van der Waals surface area contributed by atoms with Gasteiger partial charge in [-0.15, -0.1) is 0 Å². The highest BCUT2D eigenvalue weighted by atomic mass is 16.5. The van der Waals surface area contributed by atoms with Gasteiger partial charge in [0.2, 0.25) is 0 Å². The van der Waals surface area contributed by atoms with Gasteiger partial charge in [-0.25, -0.2) is 0 Å². The molecule has 2 aromatic carbocycles. The molecule has 0 spiro atoms. The number of carbonyl (C=O) groups is 1. The van der Waals surface area contributed by atoms with Crippen LogP contribution in [0.2, 0.25) is 0 Å². The second kappa shape index (κ2) is 9.57. The van der Waals surface area contributed by atoms with Crippen molar-refractivity contribution in [3.8, 4) is 16.9 Å². The second-order valence-electron chi connectivity index (χ2n) is 8.43. The fourth-order valence-corrected chi connectivity index (χ4v) is 4.50. The van der Waals surface area contributed by atoms with E-state index in [1.165, 1.54) is 0 Å². The Labute approximate surface area is 189 Å². The van der Waals surface area contributed by atoms with Crippen LogP contribution in [-0.4, -0.2) is 41.6 Å². The van der Waals surface area contributed by atoms with Gasteiger partial charge in [0.25, 0.3) is 5.91 Å². The Bertz CT molecular complexity index is 1080. The summed E-state index contributed by atoms with van der Waals surface area (Å²) in [7, 11) is 1.68. The lowest BCUT2D eigenvalue weighted by Crippen LogP contribution is -2.48. The number of para-hydroxylation sites is 1. The standard InChI is InChI=1S/C26H31N3O3/c1-19-16-20(2)29(28-19)14-13-27-25(30)26(12-7-15-32-26)18-21-8-6-9-22(17-21)23-10-4-5-11-24(23)31-3/h4-6,8-11,16-17H,7,12-15,18H2,1-3H3,(H,27,30). The molecule has 168 valence electrons. The molecule has 1 aromatic heterocycles. The molecule has 1 amide bonds. The number of aryl methyl sites for hydroxylation is 2. The smallest absolute Gasteiger partial charge is 0.252 e. The van der Waals surface area contributed by atoms with Crippen molar-refractivity contribution in [2.45, 2.75) is 45.3 Å². The maximum atomic E-state index is 13.2. The number of nitrogens with zero attached hydrogens (tertiary/aromatic N) is 2. The molecule has 32 heavy (non-hydrogen) atoms. The van der Waals surface area contributed by atoms with E-state index in [1.807, 2.05) is 54.9 Å². The molecule has 1 aliphatic rings. The number of nitrogens with one attached hydrogen (secondary N) is 1. The van der Waals surface area contributed by atoms with E-state index in [-0.39, 0.29) is 5.91 Å². The maximum Gasteiger partial charge on any atom is 0.252 e. The van der Waals surface area contributed by atoms with Crippen LogP contribution < -0.4 is 10.1 Å². The van der Waals surface area contributed by atoms with Gasteiger partial charge in [-0.2, -0.15) is 5.10 Å². The van der Waals surface area contributed by atoms with Gasteiger partial charge in [0.15, 0.2) is 5.60 Å². The van der Waals surface area contributed by atoms with Gasteiger partial charge < -0.3 is 14.8 Å². The zero-order valence-electron chi connectivity index (χ0n) is 19.1. The number of ether oxygens (including phenoxy) is 2. The SMILES string of the molecule is COc1ccccc1-c1cccc(CC2(C(=O)NCCn3nc(C)cc3C)CCCO2)c1. The largest absolute Gasteiger partial charge is 0.496 e. The lowest BCUT2D eigenvalue weighted by molar-refractivity contribution is -0.141. The van der Waals surface area contributed by atoms with Crippen molar-refractivity contribution in [3.63, 3.8) is 0 Å². The summed E-state index contributed by atoms with van der Waals surface area (Å²) in [5.74, 6) is 0.789. The van der Waals surface area contributed by atoms with Crippen molar-refractivity contribution in [2.75, 3.05) is 20.3 Å². The molecule has 1 aliphatic heterocycles. The van der Waals surface area contributed by atoms with Crippen LogP contribution in [0.15, 0.2) is 54.6 Å². The van der Waals surface area contributed by atoms with Crippen molar-refractivity contribution in [2.24, 2.45) is 0 Å². The Kier molecular flexibility index (Phi) is 6.61. The zero-order chi connectivity index (χ0) is 22.6. The lowest BCUT2D eigenvalue weighted by atomic mass is 9.89. The summed E-state index contributed by atoms with van der Waals surface area (Å²) >= 11 is 0. The monoisotopic (exact) mass is 433 g/mol. The topological polar surface area (TPSA) is 65.4 Å². The highest BCUT2D eigenvalue weighted by Gasteiger charge is 2.42. The van der Waals surface area contributed by atoms with Gasteiger partial charge >= 0.3 is 0 Å². The van der Waals surface area contributed by atoms with Gasteiger partial charge in [-0.1, -0.05) is 42.5 Å². The molecular weight excluding hydrogens is 402 g/mol. The lowest BCUT2D eigenvalue weighted by Gasteiger charge is -2.27. The van der Waals surface area contributed by atoms with Gasteiger partial charge in [-0.3, -0.25) is 9.48 Å². The van der Waals surface area contributed by atoms with Crippen LogP contribution in [0, 0.1) is 13.8 Å². The minimum absolute atomic E-state index is 0.0424. The Hall–Kier alpha value is -3.12. The summed E-state index contributed by atoms with van der Waals surface area (Å²) in [6.07, 6.45) is 2.15. The van der Waals surface area contributed by atoms with Crippen molar-refractivity contribution in [3.05, 3.63) is 71.5 Å². The molecule has 0 saturated carbocycles. The Morgan fingerprint density at radius 1 is 1.19 bits per heavy atom. The third kappa shape index (κ3) is 4.70. The van der Waals surface area contributed by atoms with E-state index in [2.05, 4.69) is 28.6 Å². The average molecular weight is 434 g/mol. The van der Waals surface area contributed by atoms with E-state index in [1.54, 1.807) is 7.11 Å². The van der Waals surface area contributed by atoms with Crippen molar-refractivity contribution < 1.29 is 14.3 Å². The van der Waals surface area contributed by atoms with E-state index in [9.17, 15) is 4.79 Å². The normalized spacial score (nSPS) is 18.0. The molecule has 1 unspecified atom stereocenters. The Morgan fingerprint density at radius 3 is 2.75 bits per heavy atom. The van der Waals surface area contributed by atoms with Crippen molar-refractivity contribution >= 4 is 5.91 Å². The first-order valence-electron chi connectivity index (χ1n) is 11.2. The predicted molar refractivity (Wildman–Crippen MR) is 125 cm³/mol. The van der Waals surface area contributed by atoms with Crippen LogP contribution in [0.4, 0.5) is 0 Å². The number of hydrogen-bond acceptors (Lipinski definition) is 4. The van der Waals surface area contributed by atoms with E-state index in [4.69, 9.17) is 9.47 Å². The number of amides is 1. The second-order valence-corrected chi connectivity index (χ2v) is 8.43.